The summed E-state index contributed by atoms with van der Waals surface area (Å²) in [5.74, 6) is -0.148. The van der Waals surface area contributed by atoms with E-state index in [2.05, 4.69) is 6.42 Å². The minimum absolute atomic E-state index is 0.176. The van der Waals surface area contributed by atoms with Gasteiger partial charge in [-0.15, -0.1) is 0 Å². The third kappa shape index (κ3) is 2.57. The van der Waals surface area contributed by atoms with Crippen LogP contribution in [0.25, 0.3) is 0 Å². The fourth-order valence-electron chi connectivity index (χ4n) is 3.64. The Balaban J connectivity index is 1.95. The van der Waals surface area contributed by atoms with Crippen molar-refractivity contribution in [3.8, 4) is 0 Å². The number of nitrogens with zero attached hydrogens (tertiary/aromatic N) is 1. The van der Waals surface area contributed by atoms with Crippen molar-refractivity contribution >= 4 is 23.2 Å². The van der Waals surface area contributed by atoms with Gasteiger partial charge < -0.3 is 4.90 Å². The minimum atomic E-state index is -0.324. The summed E-state index contributed by atoms with van der Waals surface area (Å²) in [4.78, 5) is 14.8. The van der Waals surface area contributed by atoms with E-state index < -0.39 is 0 Å². The summed E-state index contributed by atoms with van der Waals surface area (Å²) in [7, 11) is 0. The summed E-state index contributed by atoms with van der Waals surface area (Å²) >= 11 is 6.19. The molecular formula is C17H20ClFNO. The largest absolute Gasteiger partial charge is 0.310 e. The van der Waals surface area contributed by atoms with Crippen molar-refractivity contribution in [3.05, 3.63) is 35.0 Å². The zero-order chi connectivity index (χ0) is 15.0. The van der Waals surface area contributed by atoms with Crippen molar-refractivity contribution in [1.82, 2.24) is 0 Å². The summed E-state index contributed by atoms with van der Waals surface area (Å²) in [6.45, 7) is 2.38. The fraction of sp³-hybridized carbons (Fsp3) is 0.529. The van der Waals surface area contributed by atoms with E-state index in [0.717, 1.165) is 38.5 Å². The molecule has 1 heterocycles. The van der Waals surface area contributed by atoms with E-state index in [0.29, 0.717) is 22.8 Å². The van der Waals surface area contributed by atoms with Crippen molar-refractivity contribution in [2.45, 2.75) is 45.4 Å². The van der Waals surface area contributed by atoms with Gasteiger partial charge in [0.2, 0.25) is 5.91 Å². The van der Waals surface area contributed by atoms with E-state index in [1.54, 1.807) is 17.9 Å². The highest BCUT2D eigenvalue weighted by Gasteiger charge is 2.45. The molecule has 0 atom stereocenters. The van der Waals surface area contributed by atoms with E-state index in [9.17, 15) is 9.18 Å². The van der Waals surface area contributed by atoms with Gasteiger partial charge in [-0.25, -0.2) is 4.39 Å². The number of carbonyl (C=O) groups excluding carboxylic acids is 1. The van der Waals surface area contributed by atoms with Gasteiger partial charge in [-0.1, -0.05) is 11.6 Å². The third-order valence-electron chi connectivity index (χ3n) is 4.91. The van der Waals surface area contributed by atoms with E-state index in [1.807, 2.05) is 0 Å². The molecule has 2 aliphatic rings. The lowest BCUT2D eigenvalue weighted by Gasteiger charge is -2.44. The zero-order valence-corrected chi connectivity index (χ0v) is 13.0. The molecule has 0 unspecified atom stereocenters. The predicted octanol–water partition coefficient (Wildman–Crippen LogP) is 4.68. The molecule has 3 rings (SSSR count). The van der Waals surface area contributed by atoms with E-state index in [4.69, 9.17) is 11.6 Å². The molecule has 1 amide bonds. The zero-order valence-electron chi connectivity index (χ0n) is 12.3. The smallest absolute Gasteiger partial charge is 0.233 e. The maximum atomic E-state index is 13.6. The maximum absolute atomic E-state index is 13.6. The first-order valence-corrected chi connectivity index (χ1v) is 8.01. The van der Waals surface area contributed by atoms with Crippen molar-refractivity contribution in [2.24, 2.45) is 5.41 Å². The average molecular weight is 309 g/mol. The summed E-state index contributed by atoms with van der Waals surface area (Å²) in [6.07, 6.45) is 8.10. The lowest BCUT2D eigenvalue weighted by Crippen LogP contribution is -2.50. The van der Waals surface area contributed by atoms with Crippen LogP contribution in [0.2, 0.25) is 5.02 Å². The molecule has 113 valence electrons. The Morgan fingerprint density at radius 2 is 1.95 bits per heavy atom. The van der Waals surface area contributed by atoms with Crippen LogP contribution in [0, 0.1) is 24.6 Å². The standard InChI is InChI=1S/C17H20ClFNO/c1-12-10-15(13(18)11-14(12)19)20-9-5-8-17(16(20)21)6-3-2-4-7-17/h2,10-11H,3-9H2,1H3. The van der Waals surface area contributed by atoms with Crippen LogP contribution in [0.5, 0.6) is 0 Å². The van der Waals surface area contributed by atoms with Crippen LogP contribution in [0.4, 0.5) is 10.1 Å². The first-order valence-electron chi connectivity index (χ1n) is 7.63. The van der Waals surface area contributed by atoms with Crippen LogP contribution in [0.1, 0.15) is 44.1 Å². The third-order valence-corrected chi connectivity index (χ3v) is 5.21. The number of piperidine rings is 1. The highest BCUT2D eigenvalue weighted by molar-refractivity contribution is 6.34. The Morgan fingerprint density at radius 1 is 1.24 bits per heavy atom. The van der Waals surface area contributed by atoms with E-state index in [1.165, 1.54) is 6.07 Å². The molecule has 1 aromatic carbocycles. The second kappa shape index (κ2) is 5.60. The Hall–Kier alpha value is -1.09. The molecule has 1 radical (unpaired) electrons. The first kappa shape index (κ1) is 14.8. The highest BCUT2D eigenvalue weighted by Crippen LogP contribution is 2.45. The predicted molar refractivity (Wildman–Crippen MR) is 82.9 cm³/mol. The lowest BCUT2D eigenvalue weighted by atomic mass is 9.68. The molecule has 21 heavy (non-hydrogen) atoms. The topological polar surface area (TPSA) is 20.3 Å². The minimum Gasteiger partial charge on any atom is -0.310 e. The van der Waals surface area contributed by atoms with Crippen LogP contribution in [0.15, 0.2) is 12.1 Å². The number of carbonyl (C=O) groups is 1. The number of anilines is 1. The molecule has 2 nitrogen and oxygen atoms in total. The van der Waals surface area contributed by atoms with Gasteiger partial charge in [0.25, 0.3) is 0 Å². The van der Waals surface area contributed by atoms with Crippen molar-refractivity contribution < 1.29 is 9.18 Å². The van der Waals surface area contributed by atoms with Crippen LogP contribution in [-0.2, 0) is 4.79 Å². The summed E-state index contributed by atoms with van der Waals surface area (Å²) in [5, 5.41) is 0.325. The van der Waals surface area contributed by atoms with Gasteiger partial charge in [0.1, 0.15) is 5.82 Å². The summed E-state index contributed by atoms with van der Waals surface area (Å²) < 4.78 is 13.6. The van der Waals surface area contributed by atoms with Crippen LogP contribution in [-0.4, -0.2) is 12.5 Å². The maximum Gasteiger partial charge on any atom is 0.233 e. The molecule has 1 aliphatic carbocycles. The van der Waals surface area contributed by atoms with Gasteiger partial charge in [0.15, 0.2) is 0 Å². The number of rotatable bonds is 1. The number of amides is 1. The van der Waals surface area contributed by atoms with Crippen molar-refractivity contribution in [1.29, 1.82) is 0 Å². The summed E-state index contributed by atoms with van der Waals surface area (Å²) in [5.41, 5.74) is 0.964. The molecule has 1 saturated heterocycles. The summed E-state index contributed by atoms with van der Waals surface area (Å²) in [6, 6.07) is 3.01. The molecular weight excluding hydrogens is 289 g/mol. The molecule has 1 aromatic rings. The number of aryl methyl sites for hydroxylation is 1. The Morgan fingerprint density at radius 3 is 2.67 bits per heavy atom. The van der Waals surface area contributed by atoms with Crippen LogP contribution < -0.4 is 4.90 Å². The molecule has 2 fully saturated rings. The molecule has 0 N–H and O–H groups in total. The second-order valence-electron chi connectivity index (χ2n) is 6.26. The number of hydrogen-bond acceptors (Lipinski definition) is 1. The highest BCUT2D eigenvalue weighted by atomic mass is 35.5. The molecule has 1 spiro atoms. The average Bonchev–Trinajstić information content (AvgIpc) is 2.47. The van der Waals surface area contributed by atoms with E-state index >= 15 is 0 Å². The normalized spacial score (nSPS) is 21.9. The Bertz CT molecular complexity index is 561. The van der Waals surface area contributed by atoms with Crippen LogP contribution >= 0.6 is 11.6 Å². The van der Waals surface area contributed by atoms with Gasteiger partial charge in [0.05, 0.1) is 10.7 Å². The number of halogens is 2. The van der Waals surface area contributed by atoms with Gasteiger partial charge >= 0.3 is 0 Å². The van der Waals surface area contributed by atoms with Crippen molar-refractivity contribution in [3.63, 3.8) is 0 Å². The first-order chi connectivity index (χ1) is 10.0. The van der Waals surface area contributed by atoms with Crippen LogP contribution in [0.3, 0.4) is 0 Å². The molecule has 1 saturated carbocycles. The monoisotopic (exact) mass is 308 g/mol. The van der Waals surface area contributed by atoms with Gasteiger partial charge in [-0.3, -0.25) is 4.79 Å². The fourth-order valence-corrected chi connectivity index (χ4v) is 3.89. The SMILES string of the molecule is Cc1cc(N2CCCC3(CC[CH]CC3)C2=O)c(Cl)cc1F. The molecule has 1 aliphatic heterocycles. The number of benzene rings is 1. The second-order valence-corrected chi connectivity index (χ2v) is 6.67. The quantitative estimate of drug-likeness (QED) is 0.737. The molecule has 0 bridgehead atoms. The van der Waals surface area contributed by atoms with Gasteiger partial charge in [0, 0.05) is 12.0 Å². The molecule has 4 heteroatoms. The Labute approximate surface area is 130 Å². The Kier molecular flexibility index (Phi) is 3.96. The van der Waals surface area contributed by atoms with Gasteiger partial charge in [-0.05, 0) is 69.6 Å². The number of hydrogen-bond donors (Lipinski definition) is 0. The van der Waals surface area contributed by atoms with Gasteiger partial charge in [-0.2, -0.15) is 0 Å². The molecule has 0 aromatic heterocycles. The lowest BCUT2D eigenvalue weighted by molar-refractivity contribution is -0.131. The van der Waals surface area contributed by atoms with E-state index in [-0.39, 0.29) is 17.1 Å². The van der Waals surface area contributed by atoms with Crippen molar-refractivity contribution in [2.75, 3.05) is 11.4 Å².